The smallest absolute Gasteiger partial charge is 0.304 e. The molecule has 1 amide bonds. The average molecular weight is 507 g/mol. The van der Waals surface area contributed by atoms with Crippen molar-refractivity contribution in [2.75, 3.05) is 31.1 Å². The van der Waals surface area contributed by atoms with Crippen LogP contribution in [0.15, 0.2) is 36.5 Å². The number of carbonyl (C=O) groups is 1. The minimum absolute atomic E-state index is 0. The van der Waals surface area contributed by atoms with Gasteiger partial charge in [-0.25, -0.2) is 14.1 Å². The summed E-state index contributed by atoms with van der Waals surface area (Å²) < 4.78 is 48.9. The number of pyridine rings is 1. The molecule has 1 N–H and O–H groups in total. The molecule has 0 spiro atoms. The zero-order valence-corrected chi connectivity index (χ0v) is 21.1. The first-order chi connectivity index (χ1) is 16.9. The lowest BCUT2D eigenvalue weighted by Crippen LogP contribution is -2.49. The van der Waals surface area contributed by atoms with Gasteiger partial charge in [-0.3, -0.25) is 4.79 Å². The molecule has 3 aliphatic rings. The van der Waals surface area contributed by atoms with Crippen LogP contribution in [0, 0.1) is 5.82 Å². The third-order valence-electron chi connectivity index (χ3n) is 6.38. The van der Waals surface area contributed by atoms with Crippen LogP contribution in [-0.4, -0.2) is 55.9 Å². The standard InChI is InChI=1S/C23H27FN4O4S.C2H6.H2/c24-20-14-21(32-17-5-3-10-27(15-17)22-6-1-2-9-25-22)18(16-7-8-16)13-19(20)23(29)26-33(30,31)28-11-4-12-28;1-2;/h1-2,6,9,13-14,16-17H,3-5,7-8,10-12,15H2,(H,26,29);1-2H3;1H/t17-;;/m1../s1. The van der Waals surface area contributed by atoms with Crippen molar-refractivity contribution in [3.8, 4) is 5.75 Å². The van der Waals surface area contributed by atoms with E-state index in [0.717, 1.165) is 50.0 Å². The molecule has 1 atom stereocenters. The number of hydrogen-bond acceptors (Lipinski definition) is 6. The monoisotopic (exact) mass is 506 g/mol. The molecule has 3 fully saturated rings. The maximum absolute atomic E-state index is 15.0. The normalized spacial score (nSPS) is 20.3. The second-order valence-corrected chi connectivity index (χ2v) is 10.5. The molecule has 1 aliphatic carbocycles. The van der Waals surface area contributed by atoms with Gasteiger partial charge in [-0.05, 0) is 61.8 Å². The number of rotatable bonds is 7. The first-order valence-corrected chi connectivity index (χ1v) is 13.8. The third-order valence-corrected chi connectivity index (χ3v) is 7.87. The molecule has 0 bridgehead atoms. The molecule has 2 saturated heterocycles. The molecule has 0 radical (unpaired) electrons. The fourth-order valence-corrected chi connectivity index (χ4v) is 5.50. The zero-order chi connectivity index (χ0) is 25.0. The van der Waals surface area contributed by atoms with E-state index in [-0.39, 0.29) is 19.0 Å². The van der Waals surface area contributed by atoms with Gasteiger partial charge in [0, 0.05) is 33.3 Å². The van der Waals surface area contributed by atoms with E-state index >= 15 is 0 Å². The Morgan fingerprint density at radius 2 is 1.91 bits per heavy atom. The molecule has 1 aromatic heterocycles. The van der Waals surface area contributed by atoms with Gasteiger partial charge in [0.25, 0.3) is 5.91 Å². The van der Waals surface area contributed by atoms with E-state index in [1.165, 1.54) is 16.4 Å². The second-order valence-electron chi connectivity index (χ2n) is 8.85. The van der Waals surface area contributed by atoms with Crippen LogP contribution in [0.3, 0.4) is 0 Å². The summed E-state index contributed by atoms with van der Waals surface area (Å²) in [6.45, 7) is 6.24. The van der Waals surface area contributed by atoms with Crippen LogP contribution in [-0.2, 0) is 10.2 Å². The number of amides is 1. The molecule has 192 valence electrons. The third kappa shape index (κ3) is 5.92. The van der Waals surface area contributed by atoms with Crippen LogP contribution in [0.4, 0.5) is 10.2 Å². The van der Waals surface area contributed by atoms with Crippen molar-refractivity contribution < 1.29 is 23.8 Å². The van der Waals surface area contributed by atoms with Gasteiger partial charge in [-0.15, -0.1) is 0 Å². The fourth-order valence-electron chi connectivity index (χ4n) is 4.29. The van der Waals surface area contributed by atoms with E-state index in [9.17, 15) is 17.6 Å². The largest absolute Gasteiger partial charge is 0.488 e. The lowest BCUT2D eigenvalue weighted by Gasteiger charge is -2.34. The van der Waals surface area contributed by atoms with Crippen molar-refractivity contribution in [1.82, 2.24) is 14.0 Å². The summed E-state index contributed by atoms with van der Waals surface area (Å²) in [4.78, 5) is 19.2. The molecule has 3 heterocycles. The summed E-state index contributed by atoms with van der Waals surface area (Å²) >= 11 is 0. The van der Waals surface area contributed by atoms with Crippen LogP contribution in [0.1, 0.15) is 69.2 Å². The quantitative estimate of drug-likeness (QED) is 0.608. The summed E-state index contributed by atoms with van der Waals surface area (Å²) in [7, 11) is -3.95. The van der Waals surface area contributed by atoms with E-state index in [4.69, 9.17) is 4.74 Å². The molecule has 5 rings (SSSR count). The fraction of sp³-hybridized carbons (Fsp3) is 0.520. The van der Waals surface area contributed by atoms with Gasteiger partial charge in [-0.2, -0.15) is 12.7 Å². The second kappa shape index (κ2) is 10.9. The molecule has 2 aromatic rings. The number of piperidine rings is 1. The van der Waals surface area contributed by atoms with Gasteiger partial charge in [0.2, 0.25) is 0 Å². The van der Waals surface area contributed by atoms with E-state index in [1.807, 2.05) is 36.8 Å². The molecule has 1 saturated carbocycles. The van der Waals surface area contributed by atoms with Gasteiger partial charge in [0.15, 0.2) is 0 Å². The maximum atomic E-state index is 15.0. The summed E-state index contributed by atoms with van der Waals surface area (Å²) in [5, 5.41) is 0. The van der Waals surface area contributed by atoms with Gasteiger partial charge >= 0.3 is 10.2 Å². The average Bonchev–Trinajstić information content (AvgIpc) is 3.65. The molecule has 2 aliphatic heterocycles. The number of nitrogens with one attached hydrogen (secondary N) is 1. The van der Waals surface area contributed by atoms with E-state index in [2.05, 4.69) is 9.88 Å². The first-order valence-electron chi connectivity index (χ1n) is 12.4. The van der Waals surface area contributed by atoms with Crippen LogP contribution in [0.5, 0.6) is 5.75 Å². The summed E-state index contributed by atoms with van der Waals surface area (Å²) in [5.41, 5.74) is 0.491. The number of carbonyl (C=O) groups excluding carboxylic acids is 1. The Labute approximate surface area is 208 Å². The van der Waals surface area contributed by atoms with Crippen molar-refractivity contribution in [1.29, 1.82) is 0 Å². The van der Waals surface area contributed by atoms with Crippen molar-refractivity contribution in [3.63, 3.8) is 0 Å². The molecule has 8 nitrogen and oxygen atoms in total. The predicted molar refractivity (Wildman–Crippen MR) is 135 cm³/mol. The number of benzene rings is 1. The van der Waals surface area contributed by atoms with Crippen LogP contribution in [0.2, 0.25) is 0 Å². The lowest BCUT2D eigenvalue weighted by molar-refractivity contribution is 0.0973. The van der Waals surface area contributed by atoms with Crippen LogP contribution in [0.25, 0.3) is 0 Å². The Balaban J connectivity index is 0.00000117. The molecular weight excluding hydrogens is 471 g/mol. The summed E-state index contributed by atoms with van der Waals surface area (Å²) in [6, 6.07) is 8.47. The molecule has 35 heavy (non-hydrogen) atoms. The summed E-state index contributed by atoms with van der Waals surface area (Å²) in [5.74, 6) is -0.232. The molecule has 1 aromatic carbocycles. The van der Waals surface area contributed by atoms with Crippen molar-refractivity contribution >= 4 is 21.9 Å². The highest BCUT2D eigenvalue weighted by atomic mass is 32.2. The predicted octanol–water partition coefficient (Wildman–Crippen LogP) is 4.10. The van der Waals surface area contributed by atoms with Crippen molar-refractivity contribution in [3.05, 3.63) is 53.5 Å². The highest BCUT2D eigenvalue weighted by molar-refractivity contribution is 7.87. The Kier molecular flexibility index (Phi) is 7.91. The highest BCUT2D eigenvalue weighted by Gasteiger charge is 2.33. The van der Waals surface area contributed by atoms with E-state index in [0.29, 0.717) is 25.4 Å². The number of aromatic nitrogens is 1. The van der Waals surface area contributed by atoms with Crippen LogP contribution < -0.4 is 14.4 Å². The first kappa shape index (κ1) is 25.4. The number of anilines is 1. The Morgan fingerprint density at radius 3 is 2.54 bits per heavy atom. The maximum Gasteiger partial charge on any atom is 0.304 e. The summed E-state index contributed by atoms with van der Waals surface area (Å²) in [6.07, 6.45) is 6.00. The minimum Gasteiger partial charge on any atom is -0.488 e. The van der Waals surface area contributed by atoms with E-state index in [1.54, 1.807) is 6.20 Å². The topological polar surface area (TPSA) is 91.8 Å². The van der Waals surface area contributed by atoms with Gasteiger partial charge < -0.3 is 9.64 Å². The Morgan fingerprint density at radius 1 is 1.14 bits per heavy atom. The van der Waals surface area contributed by atoms with Crippen molar-refractivity contribution in [2.24, 2.45) is 0 Å². The molecular formula is C25H35FN4O4S. The Hall–Kier alpha value is -2.72. The SMILES string of the molecule is CC.O=C(NS(=O)(=O)N1CCC1)c1cc(C2CC2)c(O[C@@H]2CCCN(c3ccccn3)C2)cc1F.[HH]. The Bertz CT molecular complexity index is 1140. The highest BCUT2D eigenvalue weighted by Crippen LogP contribution is 2.45. The van der Waals surface area contributed by atoms with E-state index < -0.39 is 21.9 Å². The number of nitrogens with zero attached hydrogens (tertiary/aromatic N) is 3. The van der Waals surface area contributed by atoms with Gasteiger partial charge in [0.05, 0.1) is 12.1 Å². The number of hydrogen-bond donors (Lipinski definition) is 1. The molecule has 10 heteroatoms. The number of halogens is 1. The van der Waals surface area contributed by atoms with Crippen molar-refractivity contribution in [2.45, 2.75) is 58.0 Å². The van der Waals surface area contributed by atoms with Crippen LogP contribution >= 0.6 is 0 Å². The van der Waals surface area contributed by atoms with Gasteiger partial charge in [0.1, 0.15) is 23.5 Å². The number of ether oxygens (including phenoxy) is 1. The van der Waals surface area contributed by atoms with Gasteiger partial charge in [-0.1, -0.05) is 19.9 Å². The minimum atomic E-state index is -3.95. The lowest BCUT2D eigenvalue weighted by atomic mass is 10.0. The zero-order valence-electron chi connectivity index (χ0n) is 20.2. The molecule has 0 unspecified atom stereocenters.